The number of halogens is 1. The number of aromatic nitrogens is 2. The highest BCUT2D eigenvalue weighted by Crippen LogP contribution is 2.23. The fourth-order valence-corrected chi connectivity index (χ4v) is 2.93. The van der Waals surface area contributed by atoms with E-state index < -0.39 is 0 Å². The van der Waals surface area contributed by atoms with E-state index in [0.717, 1.165) is 16.3 Å². The van der Waals surface area contributed by atoms with Gasteiger partial charge in [0.15, 0.2) is 16.4 Å². The van der Waals surface area contributed by atoms with E-state index in [9.17, 15) is 0 Å². The van der Waals surface area contributed by atoms with Gasteiger partial charge in [-0.05, 0) is 6.92 Å². The molecule has 0 unspecified atom stereocenters. The first-order chi connectivity index (χ1) is 8.67. The summed E-state index contributed by atoms with van der Waals surface area (Å²) in [6.07, 6.45) is -0.254. The lowest BCUT2D eigenvalue weighted by molar-refractivity contribution is -0.0989. The summed E-state index contributed by atoms with van der Waals surface area (Å²) in [6, 6.07) is 0. The smallest absolute Gasteiger partial charge is 0.195 e. The average molecular weight is 290 g/mol. The Bertz CT molecular complexity index is 522. The summed E-state index contributed by atoms with van der Waals surface area (Å²) in [5.41, 5.74) is 2.11. The minimum absolute atomic E-state index is 0.254. The zero-order chi connectivity index (χ0) is 13.1. The quantitative estimate of drug-likeness (QED) is 0.827. The van der Waals surface area contributed by atoms with Gasteiger partial charge in [0, 0.05) is 38.4 Å². The van der Waals surface area contributed by atoms with Crippen molar-refractivity contribution >= 4 is 27.9 Å². The molecule has 2 heterocycles. The van der Waals surface area contributed by atoms with Gasteiger partial charge in [-0.1, -0.05) is 11.6 Å². The van der Waals surface area contributed by atoms with Gasteiger partial charge in [-0.3, -0.25) is 4.40 Å². The molecule has 1 N–H and O–H groups in total. The van der Waals surface area contributed by atoms with Crippen LogP contribution in [-0.4, -0.2) is 36.4 Å². The van der Waals surface area contributed by atoms with Crippen LogP contribution in [0.15, 0.2) is 5.38 Å². The molecule has 0 aliphatic carbocycles. The van der Waals surface area contributed by atoms with Crippen LogP contribution >= 0.6 is 22.9 Å². The van der Waals surface area contributed by atoms with Crippen LogP contribution in [0.4, 0.5) is 0 Å². The Morgan fingerprint density at radius 2 is 2.22 bits per heavy atom. The van der Waals surface area contributed by atoms with E-state index in [1.165, 1.54) is 0 Å². The molecule has 0 bridgehead atoms. The third-order valence-electron chi connectivity index (χ3n) is 2.71. The Hall–Kier alpha value is -0.660. The van der Waals surface area contributed by atoms with Gasteiger partial charge in [0.05, 0.1) is 5.69 Å². The van der Waals surface area contributed by atoms with Gasteiger partial charge in [-0.2, -0.15) is 0 Å². The third kappa shape index (κ3) is 2.67. The number of ether oxygens (including phenoxy) is 2. The van der Waals surface area contributed by atoms with Crippen molar-refractivity contribution in [3.8, 4) is 0 Å². The van der Waals surface area contributed by atoms with Gasteiger partial charge >= 0.3 is 0 Å². The van der Waals surface area contributed by atoms with Crippen molar-refractivity contribution in [3.05, 3.63) is 21.9 Å². The summed E-state index contributed by atoms with van der Waals surface area (Å²) in [6.45, 7) is 3.26. The van der Waals surface area contributed by atoms with Crippen molar-refractivity contribution in [2.24, 2.45) is 0 Å². The monoisotopic (exact) mass is 289 g/mol. The van der Waals surface area contributed by atoms with Crippen molar-refractivity contribution < 1.29 is 9.47 Å². The predicted octanol–water partition coefficient (Wildman–Crippen LogP) is 2.07. The number of rotatable bonds is 6. The van der Waals surface area contributed by atoms with Gasteiger partial charge < -0.3 is 14.8 Å². The molecule has 5 nitrogen and oxygen atoms in total. The summed E-state index contributed by atoms with van der Waals surface area (Å²) >= 11 is 7.72. The lowest BCUT2D eigenvalue weighted by Gasteiger charge is -2.14. The standard InChI is InChI=1S/C11H16ClN3O2S/c1-7-6-18-11-14-10(12)8(15(7)11)4-13-5-9(16-2)17-3/h6,9,13H,4-5H2,1-3H3. The summed E-state index contributed by atoms with van der Waals surface area (Å²) in [7, 11) is 3.23. The second-order valence-corrected chi connectivity index (χ2v) is 5.07. The van der Waals surface area contributed by atoms with Gasteiger partial charge in [-0.25, -0.2) is 4.98 Å². The molecule has 0 saturated heterocycles. The number of methoxy groups -OCH3 is 2. The maximum atomic E-state index is 6.14. The Morgan fingerprint density at radius 1 is 1.50 bits per heavy atom. The van der Waals surface area contributed by atoms with E-state index in [-0.39, 0.29) is 6.29 Å². The van der Waals surface area contributed by atoms with E-state index in [2.05, 4.69) is 20.1 Å². The molecule has 18 heavy (non-hydrogen) atoms. The van der Waals surface area contributed by atoms with Crippen LogP contribution in [0.3, 0.4) is 0 Å². The fraction of sp³-hybridized carbons (Fsp3) is 0.545. The Kier molecular flexibility index (Phi) is 4.58. The largest absolute Gasteiger partial charge is 0.355 e. The molecule has 0 spiro atoms. The Labute approximate surface area is 115 Å². The van der Waals surface area contributed by atoms with Crippen LogP contribution in [-0.2, 0) is 16.0 Å². The number of hydrogen-bond acceptors (Lipinski definition) is 5. The van der Waals surface area contributed by atoms with E-state index in [0.29, 0.717) is 18.2 Å². The molecule has 0 aliphatic heterocycles. The molecular weight excluding hydrogens is 274 g/mol. The number of hydrogen-bond donors (Lipinski definition) is 1. The fourth-order valence-electron chi connectivity index (χ4n) is 1.76. The van der Waals surface area contributed by atoms with Crippen LogP contribution in [0.2, 0.25) is 5.15 Å². The number of thiazole rings is 1. The summed E-state index contributed by atoms with van der Waals surface area (Å²) in [5.74, 6) is 0. The molecule has 100 valence electrons. The SMILES string of the molecule is COC(CNCc1c(Cl)nc2scc(C)n12)OC. The van der Waals surface area contributed by atoms with E-state index in [1.807, 2.05) is 6.92 Å². The number of aryl methyl sites for hydroxylation is 1. The van der Waals surface area contributed by atoms with E-state index in [1.54, 1.807) is 25.6 Å². The Morgan fingerprint density at radius 3 is 2.89 bits per heavy atom. The molecule has 0 fully saturated rings. The maximum Gasteiger partial charge on any atom is 0.195 e. The van der Waals surface area contributed by atoms with Crippen LogP contribution < -0.4 is 5.32 Å². The number of imidazole rings is 1. The van der Waals surface area contributed by atoms with E-state index >= 15 is 0 Å². The van der Waals surface area contributed by atoms with Gasteiger partial charge in [-0.15, -0.1) is 11.3 Å². The first kappa shape index (κ1) is 13.8. The molecule has 2 aromatic heterocycles. The predicted molar refractivity (Wildman–Crippen MR) is 72.3 cm³/mol. The van der Waals surface area contributed by atoms with Crippen molar-refractivity contribution in [2.75, 3.05) is 20.8 Å². The molecular formula is C11H16ClN3O2S. The highest BCUT2D eigenvalue weighted by Gasteiger charge is 2.14. The normalized spacial score (nSPS) is 11.8. The number of nitrogens with one attached hydrogen (secondary N) is 1. The summed E-state index contributed by atoms with van der Waals surface area (Å²) < 4.78 is 12.3. The second-order valence-electron chi connectivity index (χ2n) is 3.88. The minimum atomic E-state index is -0.254. The van der Waals surface area contributed by atoms with Crippen LogP contribution in [0.25, 0.3) is 4.96 Å². The van der Waals surface area contributed by atoms with Crippen molar-refractivity contribution in [3.63, 3.8) is 0 Å². The van der Waals surface area contributed by atoms with Gasteiger partial charge in [0.1, 0.15) is 0 Å². The topological polar surface area (TPSA) is 47.8 Å². The van der Waals surface area contributed by atoms with Gasteiger partial charge in [0.2, 0.25) is 0 Å². The van der Waals surface area contributed by atoms with Crippen molar-refractivity contribution in [1.29, 1.82) is 0 Å². The number of nitrogens with zero attached hydrogens (tertiary/aromatic N) is 2. The molecule has 7 heteroatoms. The van der Waals surface area contributed by atoms with Crippen molar-refractivity contribution in [1.82, 2.24) is 14.7 Å². The maximum absolute atomic E-state index is 6.14. The molecule has 0 aromatic carbocycles. The van der Waals surface area contributed by atoms with Crippen LogP contribution in [0.1, 0.15) is 11.4 Å². The molecule has 0 amide bonds. The molecule has 2 rings (SSSR count). The highest BCUT2D eigenvalue weighted by molar-refractivity contribution is 7.15. The molecule has 0 radical (unpaired) electrons. The lowest BCUT2D eigenvalue weighted by Crippen LogP contribution is -2.29. The average Bonchev–Trinajstić information content (AvgIpc) is 2.86. The third-order valence-corrected chi connectivity index (χ3v) is 3.96. The highest BCUT2D eigenvalue weighted by atomic mass is 35.5. The molecule has 2 aromatic rings. The van der Waals surface area contributed by atoms with Gasteiger partial charge in [0.25, 0.3) is 0 Å². The molecule has 0 aliphatic rings. The first-order valence-electron chi connectivity index (χ1n) is 5.54. The van der Waals surface area contributed by atoms with Crippen LogP contribution in [0, 0.1) is 6.92 Å². The summed E-state index contributed by atoms with van der Waals surface area (Å²) in [5, 5.41) is 5.86. The molecule has 0 atom stereocenters. The molecule has 0 saturated carbocycles. The van der Waals surface area contributed by atoms with Crippen LogP contribution in [0.5, 0.6) is 0 Å². The second kappa shape index (κ2) is 5.99. The zero-order valence-electron chi connectivity index (χ0n) is 10.6. The zero-order valence-corrected chi connectivity index (χ0v) is 12.1. The summed E-state index contributed by atoms with van der Waals surface area (Å²) in [4.78, 5) is 5.24. The van der Waals surface area contributed by atoms with E-state index in [4.69, 9.17) is 21.1 Å². The number of fused-ring (bicyclic) bond motifs is 1. The first-order valence-corrected chi connectivity index (χ1v) is 6.80. The Balaban J connectivity index is 2.07. The minimum Gasteiger partial charge on any atom is -0.355 e. The lowest BCUT2D eigenvalue weighted by atomic mass is 10.4. The van der Waals surface area contributed by atoms with Crippen molar-refractivity contribution in [2.45, 2.75) is 19.8 Å².